The number of anilines is 1. The van der Waals surface area contributed by atoms with E-state index in [1.807, 2.05) is 18.2 Å². The van der Waals surface area contributed by atoms with Gasteiger partial charge in [0.1, 0.15) is 18.4 Å². The van der Waals surface area contributed by atoms with Crippen molar-refractivity contribution in [3.05, 3.63) is 36.4 Å². The smallest absolute Gasteiger partial charge is 0.224 e. The molecule has 104 valence electrons. The van der Waals surface area contributed by atoms with Crippen molar-refractivity contribution in [3.8, 4) is 5.75 Å². The molecule has 0 unspecified atom stereocenters. The van der Waals surface area contributed by atoms with Crippen LogP contribution in [0.15, 0.2) is 30.9 Å². The number of ether oxygens (including phenoxy) is 1. The lowest BCUT2D eigenvalue weighted by Gasteiger charge is -2.17. The van der Waals surface area contributed by atoms with E-state index in [1.165, 1.54) is 11.9 Å². The van der Waals surface area contributed by atoms with Gasteiger partial charge in [-0.15, -0.1) is 0 Å². The van der Waals surface area contributed by atoms with Crippen LogP contribution in [0.1, 0.15) is 18.4 Å². The summed E-state index contributed by atoms with van der Waals surface area (Å²) in [7, 11) is 0. The Hall–Kier alpha value is -2.37. The highest BCUT2D eigenvalue weighted by atomic mass is 16.5. The summed E-state index contributed by atoms with van der Waals surface area (Å²) in [5, 5.41) is 6.90. The highest BCUT2D eigenvalue weighted by molar-refractivity contribution is 5.94. The molecule has 1 N–H and O–H groups in total. The van der Waals surface area contributed by atoms with Crippen LogP contribution < -0.4 is 10.1 Å². The van der Waals surface area contributed by atoms with Crippen LogP contribution >= 0.6 is 0 Å². The third-order valence-electron chi connectivity index (χ3n) is 3.24. The first kappa shape index (κ1) is 12.7. The Bertz CT molecular complexity index is 595. The number of amides is 1. The van der Waals surface area contributed by atoms with Crippen LogP contribution in [-0.2, 0) is 17.8 Å². The Balaban J connectivity index is 1.53. The second-order valence-electron chi connectivity index (χ2n) is 4.73. The molecular weight excluding hydrogens is 256 g/mol. The van der Waals surface area contributed by atoms with Crippen LogP contribution in [0, 0.1) is 0 Å². The fourth-order valence-electron chi connectivity index (χ4n) is 2.21. The number of carbonyl (C=O) groups excluding carboxylic acids is 1. The second-order valence-corrected chi connectivity index (χ2v) is 4.73. The molecule has 1 aliphatic rings. The molecule has 1 amide bonds. The summed E-state index contributed by atoms with van der Waals surface area (Å²) in [4.78, 5) is 15.2. The minimum atomic E-state index is 0.0702. The fraction of sp³-hybridized carbons (Fsp3) is 0.357. The van der Waals surface area contributed by atoms with Crippen LogP contribution in [0.2, 0.25) is 0 Å². The first-order valence-corrected chi connectivity index (χ1v) is 6.69. The summed E-state index contributed by atoms with van der Waals surface area (Å²) >= 11 is 0. The van der Waals surface area contributed by atoms with Crippen molar-refractivity contribution in [1.29, 1.82) is 0 Å². The van der Waals surface area contributed by atoms with Gasteiger partial charge in [-0.25, -0.2) is 4.98 Å². The van der Waals surface area contributed by atoms with Crippen molar-refractivity contribution in [1.82, 2.24) is 14.8 Å². The van der Waals surface area contributed by atoms with Crippen molar-refractivity contribution in [2.45, 2.75) is 25.8 Å². The van der Waals surface area contributed by atoms with Crippen LogP contribution in [0.4, 0.5) is 5.69 Å². The number of carbonyl (C=O) groups is 1. The number of hydrogen-bond donors (Lipinski definition) is 1. The molecule has 0 fully saturated rings. The molecule has 0 saturated carbocycles. The summed E-state index contributed by atoms with van der Waals surface area (Å²) in [6, 6.07) is 5.86. The highest BCUT2D eigenvalue weighted by Crippen LogP contribution is 2.27. The Morgan fingerprint density at radius 1 is 1.35 bits per heavy atom. The molecule has 2 aromatic rings. The molecular formula is C14H16N4O2. The molecule has 0 atom stereocenters. The van der Waals surface area contributed by atoms with Gasteiger partial charge in [0, 0.05) is 31.1 Å². The van der Waals surface area contributed by atoms with E-state index in [2.05, 4.69) is 15.4 Å². The van der Waals surface area contributed by atoms with E-state index in [1.54, 1.807) is 11.0 Å². The predicted octanol–water partition coefficient (Wildman–Crippen LogP) is 1.63. The maximum Gasteiger partial charge on any atom is 0.224 e. The lowest BCUT2D eigenvalue weighted by Crippen LogP contribution is -2.18. The topological polar surface area (TPSA) is 69.0 Å². The van der Waals surface area contributed by atoms with E-state index in [4.69, 9.17) is 4.74 Å². The zero-order chi connectivity index (χ0) is 13.8. The third kappa shape index (κ3) is 2.96. The minimum Gasteiger partial charge on any atom is -0.493 e. The van der Waals surface area contributed by atoms with E-state index >= 15 is 0 Å². The lowest BCUT2D eigenvalue weighted by atomic mass is 10.0. The van der Waals surface area contributed by atoms with Gasteiger partial charge in [0.25, 0.3) is 0 Å². The van der Waals surface area contributed by atoms with Crippen molar-refractivity contribution in [3.63, 3.8) is 0 Å². The Morgan fingerprint density at radius 3 is 3.15 bits per heavy atom. The fourth-order valence-corrected chi connectivity index (χ4v) is 2.21. The summed E-state index contributed by atoms with van der Waals surface area (Å²) < 4.78 is 7.47. The molecule has 1 aliphatic heterocycles. The van der Waals surface area contributed by atoms with E-state index < -0.39 is 0 Å². The molecule has 1 aromatic carbocycles. The molecule has 6 heteroatoms. The molecule has 20 heavy (non-hydrogen) atoms. The zero-order valence-corrected chi connectivity index (χ0v) is 11.1. The van der Waals surface area contributed by atoms with E-state index in [-0.39, 0.29) is 5.91 Å². The quantitative estimate of drug-likeness (QED) is 0.840. The number of benzene rings is 1. The Kier molecular flexibility index (Phi) is 3.62. The van der Waals surface area contributed by atoms with E-state index in [0.29, 0.717) is 13.0 Å². The number of hydrogen-bond acceptors (Lipinski definition) is 4. The van der Waals surface area contributed by atoms with E-state index in [9.17, 15) is 4.79 Å². The van der Waals surface area contributed by atoms with Crippen LogP contribution in [0.25, 0.3) is 0 Å². The molecule has 0 aliphatic carbocycles. The third-order valence-corrected chi connectivity index (χ3v) is 3.24. The van der Waals surface area contributed by atoms with Gasteiger partial charge in [0.15, 0.2) is 0 Å². The van der Waals surface area contributed by atoms with E-state index in [0.717, 1.165) is 30.8 Å². The monoisotopic (exact) mass is 272 g/mol. The van der Waals surface area contributed by atoms with Gasteiger partial charge in [0.05, 0.1) is 6.61 Å². The van der Waals surface area contributed by atoms with Gasteiger partial charge in [-0.2, -0.15) is 5.10 Å². The first-order valence-electron chi connectivity index (χ1n) is 6.69. The molecule has 0 bridgehead atoms. The predicted molar refractivity (Wildman–Crippen MR) is 73.5 cm³/mol. The molecule has 1 aromatic heterocycles. The number of rotatable bonds is 5. The van der Waals surface area contributed by atoms with Gasteiger partial charge in [-0.3, -0.25) is 9.48 Å². The van der Waals surface area contributed by atoms with Crippen molar-refractivity contribution < 1.29 is 9.53 Å². The summed E-state index contributed by atoms with van der Waals surface area (Å²) in [5.74, 6) is 0.852. The normalized spacial score (nSPS) is 13.7. The Morgan fingerprint density at radius 2 is 2.30 bits per heavy atom. The zero-order valence-electron chi connectivity index (χ0n) is 11.1. The average Bonchev–Trinajstić information content (AvgIpc) is 2.96. The van der Waals surface area contributed by atoms with Crippen molar-refractivity contribution >= 4 is 11.6 Å². The molecule has 0 spiro atoms. The maximum absolute atomic E-state index is 11.4. The summed E-state index contributed by atoms with van der Waals surface area (Å²) in [5.41, 5.74) is 2.04. The lowest BCUT2D eigenvalue weighted by molar-refractivity contribution is -0.116. The first-order chi connectivity index (χ1) is 9.81. The van der Waals surface area contributed by atoms with Crippen LogP contribution in [-0.4, -0.2) is 27.3 Å². The molecule has 6 nitrogen and oxygen atoms in total. The SMILES string of the molecule is O=C1CCc2ccc(OCCCn3cncn3)cc2N1. The largest absolute Gasteiger partial charge is 0.493 e. The number of aromatic nitrogens is 3. The number of aryl methyl sites for hydroxylation is 2. The van der Waals surface area contributed by atoms with Gasteiger partial charge in [0.2, 0.25) is 5.91 Å². The van der Waals surface area contributed by atoms with Crippen LogP contribution in [0.5, 0.6) is 5.75 Å². The van der Waals surface area contributed by atoms with Gasteiger partial charge in [-0.1, -0.05) is 6.07 Å². The number of fused-ring (bicyclic) bond motifs is 1. The standard InChI is InChI=1S/C14H16N4O2/c19-14-5-3-11-2-4-12(8-13(11)17-14)20-7-1-6-18-10-15-9-16-18/h2,4,8-10H,1,3,5-7H2,(H,17,19). The second kappa shape index (κ2) is 5.73. The number of nitrogens with zero attached hydrogens (tertiary/aromatic N) is 3. The van der Waals surface area contributed by atoms with Gasteiger partial charge < -0.3 is 10.1 Å². The minimum absolute atomic E-state index is 0.0702. The summed E-state index contributed by atoms with van der Waals surface area (Å²) in [6.07, 6.45) is 5.42. The maximum atomic E-state index is 11.4. The van der Waals surface area contributed by atoms with Crippen LogP contribution in [0.3, 0.4) is 0 Å². The van der Waals surface area contributed by atoms with Gasteiger partial charge >= 0.3 is 0 Å². The molecule has 0 radical (unpaired) electrons. The number of nitrogens with one attached hydrogen (secondary N) is 1. The molecule has 0 saturated heterocycles. The molecule has 3 rings (SSSR count). The summed E-state index contributed by atoms with van der Waals surface area (Å²) in [6.45, 7) is 1.38. The molecule has 2 heterocycles. The average molecular weight is 272 g/mol. The highest BCUT2D eigenvalue weighted by Gasteiger charge is 2.14. The van der Waals surface area contributed by atoms with Gasteiger partial charge in [-0.05, 0) is 18.1 Å². The Labute approximate surface area is 116 Å². The van der Waals surface area contributed by atoms with Crippen molar-refractivity contribution in [2.75, 3.05) is 11.9 Å². The van der Waals surface area contributed by atoms with Crippen molar-refractivity contribution in [2.24, 2.45) is 0 Å².